The molecule has 5 heteroatoms. The first-order chi connectivity index (χ1) is 9.10. The number of esters is 1. The lowest BCUT2D eigenvalue weighted by molar-refractivity contribution is -0.212. The van der Waals surface area contributed by atoms with E-state index in [4.69, 9.17) is 18.9 Å². The van der Waals surface area contributed by atoms with Gasteiger partial charge in [0.25, 0.3) is 0 Å². The van der Waals surface area contributed by atoms with Gasteiger partial charge < -0.3 is 18.9 Å². The fraction of sp³-hybridized carbons (Fsp3) is 0.500. The Morgan fingerprint density at radius 1 is 1.37 bits per heavy atom. The maximum absolute atomic E-state index is 11.0. The van der Waals surface area contributed by atoms with Crippen LogP contribution in [0.2, 0.25) is 0 Å². The van der Waals surface area contributed by atoms with Gasteiger partial charge in [0.2, 0.25) is 0 Å². The van der Waals surface area contributed by atoms with Gasteiger partial charge in [-0.1, -0.05) is 0 Å². The summed E-state index contributed by atoms with van der Waals surface area (Å²) in [4.78, 5) is 11.0. The van der Waals surface area contributed by atoms with Gasteiger partial charge in [-0.2, -0.15) is 0 Å². The van der Waals surface area contributed by atoms with Crippen LogP contribution in [0.3, 0.4) is 0 Å². The second-order valence-corrected chi connectivity index (χ2v) is 4.44. The fourth-order valence-electron chi connectivity index (χ4n) is 1.90. The molecular formula is C14H18O5. The zero-order chi connectivity index (χ0) is 13.8. The summed E-state index contributed by atoms with van der Waals surface area (Å²) in [6.07, 6.45) is 0.654. The second kappa shape index (κ2) is 6.04. The van der Waals surface area contributed by atoms with E-state index in [1.165, 1.54) is 14.0 Å². The van der Waals surface area contributed by atoms with Gasteiger partial charge >= 0.3 is 5.97 Å². The number of carbonyl (C=O) groups is 1. The zero-order valence-electron chi connectivity index (χ0n) is 11.3. The summed E-state index contributed by atoms with van der Waals surface area (Å²) in [7, 11) is 1.53. The quantitative estimate of drug-likeness (QED) is 0.621. The Balaban J connectivity index is 2.20. The molecule has 19 heavy (non-hydrogen) atoms. The lowest BCUT2D eigenvalue weighted by Gasteiger charge is -2.28. The van der Waals surface area contributed by atoms with Gasteiger partial charge in [0.05, 0.1) is 19.8 Å². The van der Waals surface area contributed by atoms with Crippen molar-refractivity contribution in [2.45, 2.75) is 32.7 Å². The van der Waals surface area contributed by atoms with Crippen molar-refractivity contribution in [1.29, 1.82) is 0 Å². The van der Waals surface area contributed by atoms with Gasteiger partial charge in [0, 0.05) is 12.5 Å². The SMILES string of the molecule is COc1cc(C2OCCC(C)O2)ccc1OC(C)=O. The highest BCUT2D eigenvalue weighted by atomic mass is 16.7. The summed E-state index contributed by atoms with van der Waals surface area (Å²) < 4.78 is 21.5. The van der Waals surface area contributed by atoms with Crippen LogP contribution in [0.15, 0.2) is 18.2 Å². The molecule has 1 fully saturated rings. The summed E-state index contributed by atoms with van der Waals surface area (Å²) in [5.41, 5.74) is 0.847. The minimum absolute atomic E-state index is 0.165. The monoisotopic (exact) mass is 266 g/mol. The first-order valence-electron chi connectivity index (χ1n) is 6.23. The average molecular weight is 266 g/mol. The van der Waals surface area contributed by atoms with E-state index in [1.807, 2.05) is 13.0 Å². The molecule has 0 aromatic heterocycles. The molecule has 0 radical (unpaired) electrons. The third-order valence-corrected chi connectivity index (χ3v) is 2.86. The van der Waals surface area contributed by atoms with E-state index < -0.39 is 6.29 Å². The van der Waals surface area contributed by atoms with Crippen LogP contribution >= 0.6 is 0 Å². The molecule has 0 saturated carbocycles. The minimum atomic E-state index is -0.399. The predicted octanol–water partition coefficient (Wildman–Crippen LogP) is 2.44. The topological polar surface area (TPSA) is 54.0 Å². The molecule has 0 amide bonds. The van der Waals surface area contributed by atoms with E-state index in [-0.39, 0.29) is 12.1 Å². The van der Waals surface area contributed by atoms with Crippen LogP contribution < -0.4 is 9.47 Å². The van der Waals surface area contributed by atoms with E-state index in [9.17, 15) is 4.79 Å². The Labute approximate surface area is 112 Å². The second-order valence-electron chi connectivity index (χ2n) is 4.44. The number of benzene rings is 1. The molecule has 5 nitrogen and oxygen atoms in total. The Bertz CT molecular complexity index is 457. The summed E-state index contributed by atoms with van der Waals surface area (Å²) in [6.45, 7) is 4.03. The third kappa shape index (κ3) is 3.45. The van der Waals surface area contributed by atoms with Gasteiger partial charge in [-0.05, 0) is 31.5 Å². The molecule has 1 aliphatic heterocycles. The maximum atomic E-state index is 11.0. The molecule has 1 aromatic rings. The standard InChI is InChI=1S/C14H18O5/c1-9-6-7-17-14(18-9)11-4-5-12(19-10(2)15)13(8-11)16-3/h4-5,8-9,14H,6-7H2,1-3H3. The highest BCUT2D eigenvalue weighted by molar-refractivity contribution is 5.70. The van der Waals surface area contributed by atoms with Gasteiger partial charge in [-0.25, -0.2) is 0 Å². The van der Waals surface area contributed by atoms with Crippen LogP contribution in [-0.4, -0.2) is 25.8 Å². The molecule has 2 rings (SSSR count). The van der Waals surface area contributed by atoms with Crippen molar-refractivity contribution in [3.63, 3.8) is 0 Å². The van der Waals surface area contributed by atoms with Gasteiger partial charge in [0.15, 0.2) is 17.8 Å². The Hall–Kier alpha value is -1.59. The number of carbonyl (C=O) groups excluding carboxylic acids is 1. The van der Waals surface area contributed by atoms with E-state index in [1.54, 1.807) is 12.1 Å². The van der Waals surface area contributed by atoms with Crippen LogP contribution in [0.4, 0.5) is 0 Å². The van der Waals surface area contributed by atoms with E-state index in [0.717, 1.165) is 12.0 Å². The molecule has 0 aliphatic carbocycles. The van der Waals surface area contributed by atoms with E-state index in [0.29, 0.717) is 18.1 Å². The number of hydrogen-bond acceptors (Lipinski definition) is 5. The molecular weight excluding hydrogens is 248 g/mol. The van der Waals surface area contributed by atoms with Crippen LogP contribution in [0.5, 0.6) is 11.5 Å². The molecule has 0 N–H and O–H groups in total. The van der Waals surface area contributed by atoms with Crippen molar-refractivity contribution in [3.8, 4) is 11.5 Å². The summed E-state index contributed by atoms with van der Waals surface area (Å²) in [5, 5.41) is 0. The maximum Gasteiger partial charge on any atom is 0.308 e. The summed E-state index contributed by atoms with van der Waals surface area (Å²) in [6, 6.07) is 5.26. The van der Waals surface area contributed by atoms with Crippen LogP contribution in [0, 0.1) is 0 Å². The molecule has 104 valence electrons. The van der Waals surface area contributed by atoms with Gasteiger partial charge in [-0.3, -0.25) is 4.79 Å². The van der Waals surface area contributed by atoms with E-state index >= 15 is 0 Å². The van der Waals surface area contributed by atoms with Crippen molar-refractivity contribution < 1.29 is 23.7 Å². The molecule has 0 spiro atoms. The van der Waals surface area contributed by atoms with Gasteiger partial charge in [-0.15, -0.1) is 0 Å². The highest BCUT2D eigenvalue weighted by Crippen LogP contribution is 2.33. The van der Waals surface area contributed by atoms with Crippen molar-refractivity contribution in [2.24, 2.45) is 0 Å². The van der Waals surface area contributed by atoms with Crippen molar-refractivity contribution >= 4 is 5.97 Å². The highest BCUT2D eigenvalue weighted by Gasteiger charge is 2.22. The number of rotatable bonds is 3. The van der Waals surface area contributed by atoms with Crippen LogP contribution in [-0.2, 0) is 14.3 Å². The van der Waals surface area contributed by atoms with Crippen LogP contribution in [0.1, 0.15) is 32.1 Å². The van der Waals surface area contributed by atoms with E-state index in [2.05, 4.69) is 0 Å². The summed E-state index contributed by atoms with van der Waals surface area (Å²) >= 11 is 0. The molecule has 1 aromatic carbocycles. The summed E-state index contributed by atoms with van der Waals surface area (Å²) in [5.74, 6) is 0.491. The smallest absolute Gasteiger partial charge is 0.308 e. The zero-order valence-corrected chi connectivity index (χ0v) is 11.3. The third-order valence-electron chi connectivity index (χ3n) is 2.86. The number of hydrogen-bond donors (Lipinski definition) is 0. The van der Waals surface area contributed by atoms with Crippen molar-refractivity contribution in [1.82, 2.24) is 0 Å². The van der Waals surface area contributed by atoms with Gasteiger partial charge in [0.1, 0.15) is 0 Å². The predicted molar refractivity (Wildman–Crippen MR) is 68.2 cm³/mol. The lowest BCUT2D eigenvalue weighted by Crippen LogP contribution is -2.24. The number of ether oxygens (including phenoxy) is 4. The molecule has 1 saturated heterocycles. The fourth-order valence-corrected chi connectivity index (χ4v) is 1.90. The van der Waals surface area contributed by atoms with Crippen molar-refractivity contribution in [3.05, 3.63) is 23.8 Å². The first-order valence-corrected chi connectivity index (χ1v) is 6.23. The Kier molecular flexibility index (Phi) is 4.39. The lowest BCUT2D eigenvalue weighted by atomic mass is 10.1. The molecule has 2 unspecified atom stereocenters. The Morgan fingerprint density at radius 3 is 2.79 bits per heavy atom. The van der Waals surface area contributed by atoms with Crippen molar-refractivity contribution in [2.75, 3.05) is 13.7 Å². The largest absolute Gasteiger partial charge is 0.493 e. The van der Waals surface area contributed by atoms with Crippen LogP contribution in [0.25, 0.3) is 0 Å². The Morgan fingerprint density at radius 2 is 2.16 bits per heavy atom. The normalized spacial score (nSPS) is 22.9. The number of methoxy groups -OCH3 is 1. The minimum Gasteiger partial charge on any atom is -0.493 e. The first kappa shape index (κ1) is 13.8. The molecule has 0 bridgehead atoms. The molecule has 1 aliphatic rings. The molecule has 2 atom stereocenters. The molecule has 1 heterocycles. The average Bonchev–Trinajstić information content (AvgIpc) is 2.38.